The molecule has 0 atom stereocenters. The molecule has 28 heavy (non-hydrogen) atoms. The lowest BCUT2D eigenvalue weighted by molar-refractivity contribution is 0.102. The van der Waals surface area contributed by atoms with Crippen molar-refractivity contribution in [3.05, 3.63) is 65.3 Å². The second-order valence-corrected chi connectivity index (χ2v) is 6.05. The zero-order chi connectivity index (χ0) is 19.9. The van der Waals surface area contributed by atoms with Gasteiger partial charge in [-0.1, -0.05) is 17.7 Å². The van der Waals surface area contributed by atoms with E-state index in [2.05, 4.69) is 25.6 Å². The maximum atomic E-state index is 12.5. The Kier molecular flexibility index (Phi) is 6.23. The number of amides is 1. The Morgan fingerprint density at radius 3 is 2.57 bits per heavy atom. The predicted molar refractivity (Wildman–Crippen MR) is 106 cm³/mol. The monoisotopic (exact) mass is 399 g/mol. The SMILES string of the molecule is COc1cc(NC(=O)c2cnc(NCc3cccnc3)cn2)c(OC)cc1Cl. The van der Waals surface area contributed by atoms with Gasteiger partial charge in [-0.05, 0) is 11.6 Å². The number of halogens is 1. The fourth-order valence-electron chi connectivity index (χ4n) is 2.38. The molecule has 0 unspecified atom stereocenters. The van der Waals surface area contributed by atoms with Crippen LogP contribution in [0.25, 0.3) is 0 Å². The number of rotatable bonds is 7. The van der Waals surface area contributed by atoms with Crippen LogP contribution in [-0.4, -0.2) is 35.1 Å². The van der Waals surface area contributed by atoms with Crippen LogP contribution in [0.15, 0.2) is 49.1 Å². The lowest BCUT2D eigenvalue weighted by Crippen LogP contribution is -2.15. The summed E-state index contributed by atoms with van der Waals surface area (Å²) < 4.78 is 10.4. The summed E-state index contributed by atoms with van der Waals surface area (Å²) in [6.07, 6.45) is 6.35. The highest BCUT2D eigenvalue weighted by Crippen LogP contribution is 2.36. The Balaban J connectivity index is 1.68. The van der Waals surface area contributed by atoms with Crippen molar-refractivity contribution >= 4 is 29.0 Å². The van der Waals surface area contributed by atoms with E-state index in [0.29, 0.717) is 34.6 Å². The lowest BCUT2D eigenvalue weighted by atomic mass is 10.2. The molecule has 3 rings (SSSR count). The minimum atomic E-state index is -0.436. The van der Waals surface area contributed by atoms with Crippen molar-refractivity contribution in [3.63, 3.8) is 0 Å². The number of methoxy groups -OCH3 is 2. The number of carbonyl (C=O) groups is 1. The Bertz CT molecular complexity index is 952. The number of ether oxygens (including phenoxy) is 2. The van der Waals surface area contributed by atoms with Crippen LogP contribution < -0.4 is 20.1 Å². The van der Waals surface area contributed by atoms with E-state index in [0.717, 1.165) is 5.56 Å². The van der Waals surface area contributed by atoms with Crippen molar-refractivity contribution in [1.82, 2.24) is 15.0 Å². The van der Waals surface area contributed by atoms with Gasteiger partial charge in [-0.3, -0.25) is 9.78 Å². The molecule has 2 heterocycles. The first-order chi connectivity index (χ1) is 13.6. The molecule has 3 aromatic rings. The number of nitrogens with one attached hydrogen (secondary N) is 2. The quantitative estimate of drug-likeness (QED) is 0.628. The van der Waals surface area contributed by atoms with Crippen LogP contribution in [0, 0.1) is 0 Å². The fourth-order valence-corrected chi connectivity index (χ4v) is 2.61. The van der Waals surface area contributed by atoms with Crippen molar-refractivity contribution in [2.45, 2.75) is 6.54 Å². The Morgan fingerprint density at radius 2 is 1.93 bits per heavy atom. The van der Waals surface area contributed by atoms with Gasteiger partial charge < -0.3 is 20.1 Å². The zero-order valence-corrected chi connectivity index (χ0v) is 16.0. The number of carbonyl (C=O) groups excluding carboxylic acids is 1. The first-order valence-electron chi connectivity index (χ1n) is 8.28. The molecule has 0 aliphatic carbocycles. The molecule has 1 amide bonds. The second-order valence-electron chi connectivity index (χ2n) is 5.64. The molecule has 0 spiro atoms. The van der Waals surface area contributed by atoms with E-state index in [1.165, 1.54) is 26.6 Å². The van der Waals surface area contributed by atoms with Gasteiger partial charge in [-0.2, -0.15) is 0 Å². The van der Waals surface area contributed by atoms with Crippen LogP contribution in [0.4, 0.5) is 11.5 Å². The molecule has 2 N–H and O–H groups in total. The summed E-state index contributed by atoms with van der Waals surface area (Å²) in [5.41, 5.74) is 1.58. The van der Waals surface area contributed by atoms with E-state index in [1.807, 2.05) is 12.1 Å². The van der Waals surface area contributed by atoms with Gasteiger partial charge in [0.1, 0.15) is 23.0 Å². The van der Waals surface area contributed by atoms with Crippen LogP contribution in [0.2, 0.25) is 5.02 Å². The summed E-state index contributed by atoms with van der Waals surface area (Å²) in [7, 11) is 2.97. The normalized spacial score (nSPS) is 10.2. The third-order valence-electron chi connectivity index (χ3n) is 3.80. The van der Waals surface area contributed by atoms with Gasteiger partial charge in [0.2, 0.25) is 0 Å². The number of benzene rings is 1. The van der Waals surface area contributed by atoms with E-state index in [4.69, 9.17) is 21.1 Å². The van der Waals surface area contributed by atoms with Crippen LogP contribution >= 0.6 is 11.6 Å². The fraction of sp³-hybridized carbons (Fsp3) is 0.158. The van der Waals surface area contributed by atoms with E-state index in [-0.39, 0.29) is 5.69 Å². The smallest absolute Gasteiger partial charge is 0.275 e. The van der Waals surface area contributed by atoms with E-state index in [9.17, 15) is 4.79 Å². The standard InChI is InChI=1S/C19H18ClN5O3/c1-27-16-7-14(17(28-2)6-13(16)20)25-19(26)15-10-24-18(11-22-15)23-9-12-4-3-5-21-8-12/h3-8,10-11H,9H2,1-2H3,(H,23,24)(H,25,26). The number of pyridine rings is 1. The molecule has 9 heteroatoms. The van der Waals surface area contributed by atoms with Gasteiger partial charge in [0.15, 0.2) is 0 Å². The van der Waals surface area contributed by atoms with E-state index >= 15 is 0 Å². The maximum Gasteiger partial charge on any atom is 0.275 e. The summed E-state index contributed by atoms with van der Waals surface area (Å²) in [4.78, 5) is 24.9. The molecular formula is C19H18ClN5O3. The topological polar surface area (TPSA) is 98.3 Å². The molecule has 0 aliphatic rings. The predicted octanol–water partition coefficient (Wildman–Crippen LogP) is 3.41. The van der Waals surface area contributed by atoms with Crippen LogP contribution in [-0.2, 0) is 6.54 Å². The summed E-state index contributed by atoms with van der Waals surface area (Å²) in [5, 5.41) is 6.22. The first-order valence-corrected chi connectivity index (χ1v) is 8.66. The molecular weight excluding hydrogens is 382 g/mol. The van der Waals surface area contributed by atoms with Crippen molar-refractivity contribution in [3.8, 4) is 11.5 Å². The average molecular weight is 400 g/mol. The van der Waals surface area contributed by atoms with Crippen LogP contribution in [0.3, 0.4) is 0 Å². The highest BCUT2D eigenvalue weighted by Gasteiger charge is 2.15. The molecule has 8 nitrogen and oxygen atoms in total. The zero-order valence-electron chi connectivity index (χ0n) is 15.3. The average Bonchev–Trinajstić information content (AvgIpc) is 2.74. The van der Waals surface area contributed by atoms with Crippen molar-refractivity contribution in [2.24, 2.45) is 0 Å². The first kappa shape index (κ1) is 19.4. The van der Waals surface area contributed by atoms with Gasteiger partial charge in [0.05, 0.1) is 37.3 Å². The third-order valence-corrected chi connectivity index (χ3v) is 4.10. The van der Waals surface area contributed by atoms with Gasteiger partial charge in [0, 0.05) is 31.1 Å². The van der Waals surface area contributed by atoms with E-state index < -0.39 is 5.91 Å². The molecule has 0 bridgehead atoms. The number of hydrogen-bond acceptors (Lipinski definition) is 7. The number of hydrogen-bond donors (Lipinski definition) is 2. The van der Waals surface area contributed by atoms with Gasteiger partial charge >= 0.3 is 0 Å². The highest BCUT2D eigenvalue weighted by atomic mass is 35.5. The molecule has 0 saturated heterocycles. The largest absolute Gasteiger partial charge is 0.495 e. The Labute approximate surface area is 166 Å². The molecule has 144 valence electrons. The Hall–Kier alpha value is -3.39. The maximum absolute atomic E-state index is 12.5. The van der Waals surface area contributed by atoms with Crippen molar-refractivity contribution < 1.29 is 14.3 Å². The van der Waals surface area contributed by atoms with Gasteiger partial charge in [0.25, 0.3) is 5.91 Å². The summed E-state index contributed by atoms with van der Waals surface area (Å²) in [5.74, 6) is 0.931. The summed E-state index contributed by atoms with van der Waals surface area (Å²) in [6, 6.07) is 6.95. The molecule has 0 aliphatic heterocycles. The van der Waals surface area contributed by atoms with Gasteiger partial charge in [-0.15, -0.1) is 0 Å². The number of aromatic nitrogens is 3. The Morgan fingerprint density at radius 1 is 1.11 bits per heavy atom. The highest BCUT2D eigenvalue weighted by molar-refractivity contribution is 6.32. The van der Waals surface area contributed by atoms with Crippen LogP contribution in [0.5, 0.6) is 11.5 Å². The van der Waals surface area contributed by atoms with Crippen molar-refractivity contribution in [2.75, 3.05) is 24.9 Å². The van der Waals surface area contributed by atoms with Gasteiger partial charge in [-0.25, -0.2) is 9.97 Å². The lowest BCUT2D eigenvalue weighted by Gasteiger charge is -2.13. The molecule has 0 fully saturated rings. The third kappa shape index (κ3) is 4.66. The number of nitrogens with zero attached hydrogens (tertiary/aromatic N) is 3. The second kappa shape index (κ2) is 9.01. The molecule has 2 aromatic heterocycles. The summed E-state index contributed by atoms with van der Waals surface area (Å²) in [6.45, 7) is 0.551. The van der Waals surface area contributed by atoms with Crippen LogP contribution in [0.1, 0.15) is 16.1 Å². The van der Waals surface area contributed by atoms with Crippen molar-refractivity contribution in [1.29, 1.82) is 0 Å². The molecule has 1 aromatic carbocycles. The summed E-state index contributed by atoms with van der Waals surface area (Å²) >= 11 is 6.07. The molecule has 0 saturated carbocycles. The molecule has 0 radical (unpaired) electrons. The number of anilines is 2. The van der Waals surface area contributed by atoms with E-state index in [1.54, 1.807) is 24.5 Å². The minimum Gasteiger partial charge on any atom is -0.495 e. The minimum absolute atomic E-state index is 0.155.